The molecule has 0 unspecified atom stereocenters. The van der Waals surface area contributed by atoms with Crippen LogP contribution in [-0.2, 0) is 4.79 Å². The van der Waals surface area contributed by atoms with Crippen LogP contribution in [-0.4, -0.2) is 54.4 Å². The summed E-state index contributed by atoms with van der Waals surface area (Å²) in [4.78, 5) is 10.8. The van der Waals surface area contributed by atoms with Gasteiger partial charge in [0, 0.05) is 0 Å². The van der Waals surface area contributed by atoms with Crippen molar-refractivity contribution in [1.29, 1.82) is 0 Å². The van der Waals surface area contributed by atoms with Crippen LogP contribution in [0.25, 0.3) is 0 Å². The standard InChI is InChI=1S/C25H42O4Te/c1-15(9-11-30-14-23(28)29)19-6-7-20-18-5-4-16-12-17(26)8-10-24(16,2)21(18)13-22(27)25(19,20)3/h15-22,26-27H,4-14H2,1-3H3,(H,28,29)/t15-,16-,17-,18+,19-,20+,21+,22+,24+,25-/m1/s1. The van der Waals surface area contributed by atoms with E-state index >= 15 is 0 Å². The van der Waals surface area contributed by atoms with Gasteiger partial charge < -0.3 is 5.11 Å². The van der Waals surface area contributed by atoms with Gasteiger partial charge in [0.2, 0.25) is 0 Å². The van der Waals surface area contributed by atoms with Crippen molar-refractivity contribution in [3.8, 4) is 0 Å². The predicted molar refractivity (Wildman–Crippen MR) is 119 cm³/mol. The predicted octanol–water partition coefficient (Wildman–Crippen LogP) is 4.63. The average molecular weight is 534 g/mol. The Morgan fingerprint density at radius 2 is 1.83 bits per heavy atom. The SMILES string of the molecule is C[C@H](CC[Te]CC(=O)O)[C@H]1CC[C@H]2[C@@H]3CC[C@@H]4C[C@H](O)CC[C@]4(C)[C@H]3C[C@H](O)[C@]12C. The van der Waals surface area contributed by atoms with E-state index in [1.807, 2.05) is 0 Å². The summed E-state index contributed by atoms with van der Waals surface area (Å²) in [5.74, 6) is 3.16. The van der Waals surface area contributed by atoms with Crippen LogP contribution in [0.15, 0.2) is 0 Å². The third kappa shape index (κ3) is 3.89. The van der Waals surface area contributed by atoms with Crippen LogP contribution >= 0.6 is 0 Å². The molecule has 172 valence electrons. The Bertz CT molecular complexity index is 641. The zero-order chi connectivity index (χ0) is 21.7. The topological polar surface area (TPSA) is 77.8 Å². The zero-order valence-corrected chi connectivity index (χ0v) is 21.4. The molecule has 0 spiro atoms. The second-order valence-electron chi connectivity index (χ2n) is 11.6. The van der Waals surface area contributed by atoms with Crippen molar-refractivity contribution in [3.63, 3.8) is 0 Å². The minimum atomic E-state index is -0.633. The number of hydrogen-bond acceptors (Lipinski definition) is 3. The molecule has 3 N–H and O–H groups in total. The number of rotatable bonds is 6. The summed E-state index contributed by atoms with van der Waals surface area (Å²) in [5.41, 5.74) is 0.335. The van der Waals surface area contributed by atoms with E-state index in [0.29, 0.717) is 39.5 Å². The summed E-state index contributed by atoms with van der Waals surface area (Å²) < 4.78 is 1.52. The molecule has 4 saturated carbocycles. The molecule has 0 heterocycles. The Kier molecular flexibility index (Phi) is 6.88. The van der Waals surface area contributed by atoms with Gasteiger partial charge in [-0.1, -0.05) is 0 Å². The molecule has 4 nitrogen and oxygen atoms in total. The first-order chi connectivity index (χ1) is 14.2. The van der Waals surface area contributed by atoms with E-state index in [1.54, 1.807) is 0 Å². The van der Waals surface area contributed by atoms with Crippen molar-refractivity contribution in [3.05, 3.63) is 0 Å². The number of aliphatic carboxylic acids is 1. The van der Waals surface area contributed by atoms with Gasteiger partial charge in [0.15, 0.2) is 0 Å². The summed E-state index contributed by atoms with van der Waals surface area (Å²) in [6.45, 7) is 7.25. The molecule has 4 aliphatic carbocycles. The van der Waals surface area contributed by atoms with Gasteiger partial charge in [0.25, 0.3) is 0 Å². The van der Waals surface area contributed by atoms with E-state index in [2.05, 4.69) is 20.8 Å². The van der Waals surface area contributed by atoms with Crippen LogP contribution in [0.5, 0.6) is 0 Å². The fraction of sp³-hybridized carbons (Fsp3) is 0.960. The molecule has 0 aliphatic heterocycles. The second-order valence-corrected chi connectivity index (χ2v) is 14.8. The molecule has 30 heavy (non-hydrogen) atoms. The Balaban J connectivity index is 1.48. The molecule has 0 aromatic heterocycles. The number of carboxylic acid groups (broad SMARTS) is 1. The summed E-state index contributed by atoms with van der Waals surface area (Å²) in [5, 5.41) is 30.8. The van der Waals surface area contributed by atoms with Crippen molar-refractivity contribution < 1.29 is 20.1 Å². The molecule has 0 aromatic carbocycles. The van der Waals surface area contributed by atoms with Gasteiger partial charge >= 0.3 is 188 Å². The molecule has 4 rings (SSSR count). The van der Waals surface area contributed by atoms with Crippen molar-refractivity contribution in [2.75, 3.05) is 0 Å². The Hall–Kier alpha value is 0.180. The maximum atomic E-state index is 11.6. The van der Waals surface area contributed by atoms with Crippen LogP contribution in [0.3, 0.4) is 0 Å². The Morgan fingerprint density at radius 1 is 1.07 bits per heavy atom. The first-order valence-electron chi connectivity index (χ1n) is 12.3. The molecule has 0 amide bonds. The third-order valence-electron chi connectivity index (χ3n) is 10.4. The van der Waals surface area contributed by atoms with Crippen LogP contribution in [0.4, 0.5) is 0 Å². The van der Waals surface area contributed by atoms with E-state index in [1.165, 1.54) is 25.7 Å². The minimum absolute atomic E-state index is 0.0331. The van der Waals surface area contributed by atoms with Gasteiger partial charge in [-0.15, -0.1) is 0 Å². The van der Waals surface area contributed by atoms with E-state index in [0.717, 1.165) is 42.5 Å². The summed E-state index contributed by atoms with van der Waals surface area (Å²) in [6, 6.07) is 0. The maximum absolute atomic E-state index is 11.6. The molecule has 4 fully saturated rings. The monoisotopic (exact) mass is 536 g/mol. The van der Waals surface area contributed by atoms with Gasteiger partial charge in [-0.2, -0.15) is 0 Å². The molecule has 0 aromatic rings. The first-order valence-corrected chi connectivity index (χ1v) is 15.6. The quantitative estimate of drug-likeness (QED) is 0.343. The van der Waals surface area contributed by atoms with Crippen LogP contribution in [0.1, 0.15) is 78.6 Å². The molecule has 10 atom stereocenters. The summed E-state index contributed by atoms with van der Waals surface area (Å²) in [7, 11) is 0. The molecule has 5 heteroatoms. The molecule has 0 radical (unpaired) electrons. The van der Waals surface area contributed by atoms with E-state index in [4.69, 9.17) is 5.11 Å². The van der Waals surface area contributed by atoms with Crippen molar-refractivity contribution in [1.82, 2.24) is 0 Å². The van der Waals surface area contributed by atoms with Crippen LogP contribution in [0.2, 0.25) is 8.94 Å². The van der Waals surface area contributed by atoms with Gasteiger partial charge in [-0.25, -0.2) is 0 Å². The summed E-state index contributed by atoms with van der Waals surface area (Å²) >= 11 is -0.410. The fourth-order valence-corrected chi connectivity index (χ4v) is 11.2. The van der Waals surface area contributed by atoms with Crippen molar-refractivity contribution in [2.24, 2.45) is 46.3 Å². The zero-order valence-electron chi connectivity index (χ0n) is 19.1. The average Bonchev–Trinajstić information content (AvgIpc) is 3.05. The van der Waals surface area contributed by atoms with E-state index in [9.17, 15) is 15.0 Å². The number of hydrogen-bond donors (Lipinski definition) is 3. The van der Waals surface area contributed by atoms with Crippen molar-refractivity contribution >= 4 is 26.9 Å². The van der Waals surface area contributed by atoms with Crippen molar-refractivity contribution in [2.45, 2.75) is 99.7 Å². The van der Waals surface area contributed by atoms with Gasteiger partial charge in [-0.3, -0.25) is 0 Å². The molecule has 0 bridgehead atoms. The van der Waals surface area contributed by atoms with Gasteiger partial charge in [0.05, 0.1) is 0 Å². The molecule has 0 saturated heterocycles. The Labute approximate surface area is 192 Å². The van der Waals surface area contributed by atoms with Gasteiger partial charge in [0.1, 0.15) is 0 Å². The molecule has 4 aliphatic rings. The molecular weight excluding hydrogens is 492 g/mol. The fourth-order valence-electron chi connectivity index (χ4n) is 8.79. The number of aliphatic hydroxyl groups is 2. The van der Waals surface area contributed by atoms with Crippen LogP contribution in [0, 0.1) is 46.3 Å². The third-order valence-corrected chi connectivity index (χ3v) is 13.2. The number of carbonyl (C=O) groups is 1. The number of carboxylic acids is 1. The van der Waals surface area contributed by atoms with Gasteiger partial charge in [-0.05, 0) is 0 Å². The second kappa shape index (κ2) is 8.85. The number of fused-ring (bicyclic) bond motifs is 5. The number of aliphatic hydroxyl groups excluding tert-OH is 2. The van der Waals surface area contributed by atoms with E-state index < -0.39 is 26.9 Å². The summed E-state index contributed by atoms with van der Waals surface area (Å²) in [6.07, 6.45) is 9.86. The first kappa shape index (κ1) is 23.3. The molecular formula is C25H42O4Te. The van der Waals surface area contributed by atoms with E-state index in [-0.39, 0.29) is 17.6 Å². The Morgan fingerprint density at radius 3 is 2.57 bits per heavy atom. The van der Waals surface area contributed by atoms with Crippen LogP contribution < -0.4 is 0 Å². The normalized spacial score (nSPS) is 49.0.